The van der Waals surface area contributed by atoms with E-state index in [9.17, 15) is 13.2 Å². The van der Waals surface area contributed by atoms with Crippen molar-refractivity contribution in [2.45, 2.75) is 5.16 Å². The van der Waals surface area contributed by atoms with E-state index in [4.69, 9.17) is 0 Å². The predicted molar refractivity (Wildman–Crippen MR) is 128 cm³/mol. The van der Waals surface area contributed by atoms with Crippen LogP contribution >= 0.6 is 11.8 Å². The lowest BCUT2D eigenvalue weighted by molar-refractivity contribution is -0.129. The molecule has 0 aliphatic carbocycles. The third-order valence-corrected chi connectivity index (χ3v) is 7.85. The molecule has 0 N–H and O–H groups in total. The highest BCUT2D eigenvalue weighted by molar-refractivity contribution is 7.99. The molecule has 1 amide bonds. The lowest BCUT2D eigenvalue weighted by atomic mass is 10.2. The van der Waals surface area contributed by atoms with E-state index >= 15 is 0 Å². The first-order valence-electron chi connectivity index (χ1n) is 10.4. The molecule has 172 valence electrons. The number of carbonyl (C=O) groups excluding carboxylic acids is 1. The number of rotatable bonds is 7. The average Bonchev–Trinajstić information content (AvgIpc) is 3.22. The predicted octanol–water partition coefficient (Wildman–Crippen LogP) is 2.11. The van der Waals surface area contributed by atoms with Crippen molar-refractivity contribution < 1.29 is 13.2 Å². The molecule has 1 aliphatic rings. The van der Waals surface area contributed by atoms with Crippen LogP contribution in [0.5, 0.6) is 0 Å². The minimum atomic E-state index is -3.53. The van der Waals surface area contributed by atoms with Crippen LogP contribution in [0, 0.1) is 0 Å². The minimum absolute atomic E-state index is 0.0506. The zero-order valence-corrected chi connectivity index (χ0v) is 19.7. The summed E-state index contributed by atoms with van der Waals surface area (Å²) >= 11 is 1.32. The van der Waals surface area contributed by atoms with E-state index in [-0.39, 0.29) is 24.7 Å². The molecule has 0 bridgehead atoms. The maximum atomic E-state index is 12.7. The molecule has 1 saturated heterocycles. The second-order valence-corrected chi connectivity index (χ2v) is 10.2. The topological polar surface area (TPSA) is 101 Å². The summed E-state index contributed by atoms with van der Waals surface area (Å²) in [5.74, 6) is 0.864. The van der Waals surface area contributed by atoms with E-state index in [1.54, 1.807) is 23.4 Å². The molecule has 1 aliphatic heterocycles. The van der Waals surface area contributed by atoms with Crippen molar-refractivity contribution in [2.75, 3.05) is 31.9 Å². The van der Waals surface area contributed by atoms with E-state index in [0.29, 0.717) is 24.1 Å². The molecule has 2 aromatic heterocycles. The van der Waals surface area contributed by atoms with Gasteiger partial charge in [0.2, 0.25) is 15.9 Å². The van der Waals surface area contributed by atoms with Crippen LogP contribution in [0.3, 0.4) is 0 Å². The molecule has 9 nitrogen and oxygen atoms in total. The van der Waals surface area contributed by atoms with E-state index in [1.165, 1.54) is 21.5 Å². The number of pyridine rings is 1. The van der Waals surface area contributed by atoms with Crippen LogP contribution in [0.2, 0.25) is 0 Å². The number of nitrogens with zero attached hydrogens (tertiary/aromatic N) is 6. The van der Waals surface area contributed by atoms with Gasteiger partial charge in [0.1, 0.15) is 0 Å². The molecule has 3 aromatic rings. The molecule has 33 heavy (non-hydrogen) atoms. The zero-order valence-electron chi connectivity index (χ0n) is 18.1. The molecule has 4 rings (SSSR count). The molecule has 0 saturated carbocycles. The third kappa shape index (κ3) is 5.67. The van der Waals surface area contributed by atoms with Gasteiger partial charge in [-0.1, -0.05) is 42.1 Å². The Morgan fingerprint density at radius 3 is 2.42 bits per heavy atom. The SMILES string of the molecule is Cn1c(SCC(=O)N2CCN(S(=O)(=O)C=Cc3ccccc3)CC2)nnc1-c1ccncc1. The largest absolute Gasteiger partial charge is 0.339 e. The Kier molecular flexibility index (Phi) is 7.21. The Balaban J connectivity index is 1.29. The third-order valence-electron chi connectivity index (χ3n) is 5.28. The van der Waals surface area contributed by atoms with Crippen LogP contribution in [-0.4, -0.2) is 75.2 Å². The molecule has 1 aromatic carbocycles. The fraction of sp³-hybridized carbons (Fsp3) is 0.273. The van der Waals surface area contributed by atoms with E-state index < -0.39 is 10.0 Å². The van der Waals surface area contributed by atoms with Crippen molar-refractivity contribution in [2.24, 2.45) is 7.05 Å². The van der Waals surface area contributed by atoms with Gasteiger partial charge in [-0.15, -0.1) is 10.2 Å². The molecule has 3 heterocycles. The van der Waals surface area contributed by atoms with Crippen molar-refractivity contribution >= 4 is 33.8 Å². The van der Waals surface area contributed by atoms with Gasteiger partial charge >= 0.3 is 0 Å². The molecule has 0 spiro atoms. The number of sulfonamides is 1. The smallest absolute Gasteiger partial charge is 0.236 e. The van der Waals surface area contributed by atoms with E-state index in [0.717, 1.165) is 11.1 Å². The van der Waals surface area contributed by atoms with Gasteiger partial charge in [0.25, 0.3) is 0 Å². The summed E-state index contributed by atoms with van der Waals surface area (Å²) in [6, 6.07) is 13.0. The summed E-state index contributed by atoms with van der Waals surface area (Å²) in [7, 11) is -1.68. The fourth-order valence-corrected chi connectivity index (χ4v) is 5.40. The molecule has 1 fully saturated rings. The zero-order chi connectivity index (χ0) is 23.3. The van der Waals surface area contributed by atoms with Gasteiger partial charge < -0.3 is 9.47 Å². The van der Waals surface area contributed by atoms with Crippen molar-refractivity contribution in [1.82, 2.24) is 29.0 Å². The Hall–Kier alpha value is -3.02. The van der Waals surface area contributed by atoms with Crippen molar-refractivity contribution in [3.05, 3.63) is 65.8 Å². The van der Waals surface area contributed by atoms with Gasteiger partial charge in [-0.3, -0.25) is 9.78 Å². The summed E-state index contributed by atoms with van der Waals surface area (Å²) in [6.45, 7) is 1.26. The summed E-state index contributed by atoms with van der Waals surface area (Å²) in [5, 5.41) is 10.3. The first-order valence-corrected chi connectivity index (χ1v) is 12.9. The summed E-state index contributed by atoms with van der Waals surface area (Å²) in [4.78, 5) is 18.4. The summed E-state index contributed by atoms with van der Waals surface area (Å²) in [6.07, 6.45) is 4.97. The molecule has 0 atom stereocenters. The Bertz CT molecular complexity index is 1220. The second-order valence-electron chi connectivity index (χ2n) is 7.43. The van der Waals surface area contributed by atoms with Gasteiger partial charge in [-0.05, 0) is 23.8 Å². The highest BCUT2D eigenvalue weighted by Crippen LogP contribution is 2.22. The first kappa shape index (κ1) is 23.1. The number of amides is 1. The van der Waals surface area contributed by atoms with E-state index in [2.05, 4.69) is 15.2 Å². The van der Waals surface area contributed by atoms with Crippen LogP contribution in [0.1, 0.15) is 5.56 Å². The first-order chi connectivity index (χ1) is 15.9. The van der Waals surface area contributed by atoms with Gasteiger partial charge in [0.15, 0.2) is 11.0 Å². The standard InChI is InChI=1S/C22H24N6O3S2/c1-26-21(19-7-10-23-11-8-19)24-25-22(26)32-17-20(29)27-12-14-28(15-13-27)33(30,31)16-9-18-5-3-2-4-6-18/h2-11,16H,12-15,17H2,1H3. The molecular weight excluding hydrogens is 460 g/mol. The van der Waals surface area contributed by atoms with Gasteiger partial charge in [0.05, 0.1) is 5.75 Å². The summed E-state index contributed by atoms with van der Waals surface area (Å²) < 4.78 is 28.5. The van der Waals surface area contributed by atoms with Crippen LogP contribution in [-0.2, 0) is 21.9 Å². The Labute approximate surface area is 197 Å². The number of carbonyl (C=O) groups is 1. The maximum Gasteiger partial charge on any atom is 0.236 e. The monoisotopic (exact) mass is 484 g/mol. The van der Waals surface area contributed by atoms with Crippen molar-refractivity contribution in [1.29, 1.82) is 0 Å². The Morgan fingerprint density at radius 1 is 1.03 bits per heavy atom. The number of benzene rings is 1. The highest BCUT2D eigenvalue weighted by atomic mass is 32.2. The van der Waals surface area contributed by atoms with Crippen molar-refractivity contribution in [3.8, 4) is 11.4 Å². The van der Waals surface area contributed by atoms with Crippen LogP contribution in [0.4, 0.5) is 0 Å². The molecule has 11 heteroatoms. The van der Waals surface area contributed by atoms with Crippen LogP contribution in [0.15, 0.2) is 65.4 Å². The van der Waals surface area contributed by atoms with Crippen LogP contribution in [0.25, 0.3) is 17.5 Å². The number of thioether (sulfide) groups is 1. The minimum Gasteiger partial charge on any atom is -0.339 e. The molecule has 0 unspecified atom stereocenters. The average molecular weight is 485 g/mol. The lowest BCUT2D eigenvalue weighted by Gasteiger charge is -2.33. The number of hydrogen-bond acceptors (Lipinski definition) is 7. The van der Waals surface area contributed by atoms with Crippen molar-refractivity contribution in [3.63, 3.8) is 0 Å². The number of hydrogen-bond donors (Lipinski definition) is 0. The van der Waals surface area contributed by atoms with E-state index in [1.807, 2.05) is 54.1 Å². The normalized spacial score (nSPS) is 15.2. The van der Waals surface area contributed by atoms with Crippen LogP contribution < -0.4 is 0 Å². The maximum absolute atomic E-state index is 12.7. The number of aromatic nitrogens is 4. The Morgan fingerprint density at radius 2 is 1.73 bits per heavy atom. The second kappa shape index (κ2) is 10.3. The molecular formula is C22H24N6O3S2. The quantitative estimate of drug-likeness (QED) is 0.474. The fourth-order valence-electron chi connectivity index (χ4n) is 3.42. The van der Waals surface area contributed by atoms with Gasteiger partial charge in [-0.25, -0.2) is 8.42 Å². The number of piperazine rings is 1. The highest BCUT2D eigenvalue weighted by Gasteiger charge is 2.27. The van der Waals surface area contributed by atoms with Gasteiger partial charge in [0, 0.05) is 56.6 Å². The lowest BCUT2D eigenvalue weighted by Crippen LogP contribution is -2.50. The summed E-state index contributed by atoms with van der Waals surface area (Å²) in [5.41, 5.74) is 1.72. The van der Waals surface area contributed by atoms with Gasteiger partial charge in [-0.2, -0.15) is 4.31 Å². The molecule has 0 radical (unpaired) electrons.